The van der Waals surface area contributed by atoms with Crippen molar-refractivity contribution in [1.29, 1.82) is 0 Å². The van der Waals surface area contributed by atoms with Gasteiger partial charge in [0, 0.05) is 18.0 Å². The van der Waals surface area contributed by atoms with Crippen molar-refractivity contribution in [3.8, 4) is 0 Å². The minimum atomic E-state index is -1.03. The van der Waals surface area contributed by atoms with Gasteiger partial charge in [-0.05, 0) is 68.9 Å². The highest BCUT2D eigenvalue weighted by Crippen LogP contribution is 2.48. The largest absolute Gasteiger partial charge is 0.481 e. The number of aliphatic carboxylic acids is 1. The number of carbonyl (C=O) groups is 3. The van der Waals surface area contributed by atoms with Gasteiger partial charge in [-0.2, -0.15) is 0 Å². The summed E-state index contributed by atoms with van der Waals surface area (Å²) < 4.78 is 15.3. The Hall–Kier alpha value is -2.44. The molecular weight excluding hydrogens is 387 g/mol. The van der Waals surface area contributed by atoms with Crippen LogP contribution in [0.4, 0.5) is 10.1 Å². The fourth-order valence-corrected chi connectivity index (χ4v) is 4.78. The lowest BCUT2D eigenvalue weighted by Crippen LogP contribution is -2.48. The van der Waals surface area contributed by atoms with Gasteiger partial charge in [0.2, 0.25) is 11.8 Å². The van der Waals surface area contributed by atoms with E-state index in [1.54, 1.807) is 26.0 Å². The predicted octanol–water partition coefficient (Wildman–Crippen LogP) is 3.33. The van der Waals surface area contributed by atoms with E-state index in [1.165, 1.54) is 4.90 Å². The average Bonchev–Trinajstić information content (AvgIpc) is 3.55. The first-order chi connectivity index (χ1) is 14.1. The van der Waals surface area contributed by atoms with Gasteiger partial charge in [-0.15, -0.1) is 0 Å². The number of halogens is 1. The fraction of sp³-hybridized carbons (Fsp3) is 0.609. The first kappa shape index (κ1) is 20.8. The zero-order valence-electron chi connectivity index (χ0n) is 17.7. The van der Waals surface area contributed by atoms with Gasteiger partial charge in [-0.1, -0.05) is 13.0 Å². The Morgan fingerprint density at radius 2 is 1.93 bits per heavy atom. The number of benzene rings is 1. The predicted molar refractivity (Wildman–Crippen MR) is 110 cm³/mol. The van der Waals surface area contributed by atoms with Crippen LogP contribution >= 0.6 is 0 Å². The molecular formula is C23H29FN2O4. The highest BCUT2D eigenvalue weighted by molar-refractivity contribution is 6.10. The summed E-state index contributed by atoms with van der Waals surface area (Å²) in [7, 11) is 0. The van der Waals surface area contributed by atoms with Crippen LogP contribution in [0.5, 0.6) is 0 Å². The molecule has 6 nitrogen and oxygen atoms in total. The number of carboxylic acids is 1. The molecule has 2 amide bonds. The van der Waals surface area contributed by atoms with Gasteiger partial charge in [-0.25, -0.2) is 4.39 Å². The number of hydrogen-bond acceptors (Lipinski definition) is 3. The lowest BCUT2D eigenvalue weighted by atomic mass is 9.84. The molecule has 2 saturated carbocycles. The molecule has 1 aromatic rings. The summed E-state index contributed by atoms with van der Waals surface area (Å²) in [6, 6.07) is 3.28. The third-order valence-electron chi connectivity index (χ3n) is 6.73. The monoisotopic (exact) mass is 416 g/mol. The topological polar surface area (TPSA) is 86.7 Å². The molecule has 1 aromatic carbocycles. The highest BCUT2D eigenvalue weighted by Gasteiger charge is 2.48. The van der Waals surface area contributed by atoms with Crippen molar-refractivity contribution in [1.82, 2.24) is 5.32 Å². The summed E-state index contributed by atoms with van der Waals surface area (Å²) in [5.74, 6) is -1.53. The molecule has 0 spiro atoms. The number of hydrogen-bond donors (Lipinski definition) is 2. The van der Waals surface area contributed by atoms with Crippen molar-refractivity contribution < 1.29 is 23.9 Å². The number of rotatable bonds is 8. The number of nitrogens with zero attached hydrogens (tertiary/aromatic N) is 1. The van der Waals surface area contributed by atoms with Gasteiger partial charge in [0.05, 0.1) is 11.1 Å². The van der Waals surface area contributed by atoms with Gasteiger partial charge in [-0.3, -0.25) is 14.4 Å². The third-order valence-corrected chi connectivity index (χ3v) is 6.73. The van der Waals surface area contributed by atoms with Crippen molar-refractivity contribution in [3.63, 3.8) is 0 Å². The minimum Gasteiger partial charge on any atom is -0.481 e. The number of nitrogens with one attached hydrogen (secondary N) is 1. The second kappa shape index (κ2) is 7.36. The first-order valence-electron chi connectivity index (χ1n) is 10.8. The summed E-state index contributed by atoms with van der Waals surface area (Å²) in [5.41, 5.74) is 0.473. The van der Waals surface area contributed by atoms with Crippen LogP contribution in [0.15, 0.2) is 12.1 Å². The SMILES string of the molecule is C[C@H](CC(=O)O)C(NC(=O)CN1C(=O)C(C)(C)c2c1ccc(C1CC1)c2F)C1CC1. The molecule has 2 atom stereocenters. The lowest BCUT2D eigenvalue weighted by molar-refractivity contribution is -0.138. The summed E-state index contributed by atoms with van der Waals surface area (Å²) in [6.07, 6.45) is 3.83. The lowest BCUT2D eigenvalue weighted by Gasteiger charge is -2.26. The standard InChI is InChI=1S/C23H29FN2O4/c1-12(10-18(28)29)21(14-6-7-14)25-17(27)11-26-16-9-8-15(13-4-5-13)20(24)19(16)23(2,3)22(26)30/h8-9,12-14,21H,4-7,10-11H2,1-3H3,(H,25,27)(H,28,29)/t12-,21?/m1/s1. The molecule has 2 fully saturated rings. The molecule has 0 bridgehead atoms. The number of carbonyl (C=O) groups excluding carboxylic acids is 2. The molecule has 0 aromatic heterocycles. The number of anilines is 1. The van der Waals surface area contributed by atoms with Crippen LogP contribution in [-0.4, -0.2) is 35.5 Å². The van der Waals surface area contributed by atoms with Crippen LogP contribution in [-0.2, 0) is 19.8 Å². The smallest absolute Gasteiger partial charge is 0.303 e. The molecule has 30 heavy (non-hydrogen) atoms. The zero-order chi connectivity index (χ0) is 21.8. The zero-order valence-corrected chi connectivity index (χ0v) is 17.7. The maximum Gasteiger partial charge on any atom is 0.303 e. The molecule has 3 aliphatic rings. The maximum atomic E-state index is 15.3. The van der Waals surface area contributed by atoms with Gasteiger partial charge < -0.3 is 15.3 Å². The Morgan fingerprint density at radius 3 is 2.50 bits per heavy atom. The molecule has 0 saturated heterocycles. The number of fused-ring (bicyclic) bond motifs is 1. The molecule has 162 valence electrons. The van der Waals surface area contributed by atoms with Gasteiger partial charge in [0.15, 0.2) is 0 Å². The first-order valence-corrected chi connectivity index (χ1v) is 10.8. The number of carboxylic acid groups (broad SMARTS) is 1. The Balaban J connectivity index is 1.53. The normalized spacial score (nSPS) is 21.9. The highest BCUT2D eigenvalue weighted by atomic mass is 19.1. The van der Waals surface area contributed by atoms with Gasteiger partial charge in [0.25, 0.3) is 0 Å². The number of amides is 2. The van der Waals surface area contributed by atoms with E-state index in [1.807, 2.05) is 6.92 Å². The van der Waals surface area contributed by atoms with E-state index in [-0.39, 0.29) is 54.4 Å². The Bertz CT molecular complexity index is 905. The molecule has 1 unspecified atom stereocenters. The molecule has 4 rings (SSSR count). The van der Waals surface area contributed by atoms with Crippen molar-refractivity contribution in [2.45, 2.75) is 70.3 Å². The van der Waals surface area contributed by atoms with Crippen molar-refractivity contribution in [2.24, 2.45) is 11.8 Å². The van der Waals surface area contributed by atoms with E-state index in [0.717, 1.165) is 25.7 Å². The van der Waals surface area contributed by atoms with E-state index < -0.39 is 11.4 Å². The summed E-state index contributed by atoms with van der Waals surface area (Å²) >= 11 is 0. The van der Waals surface area contributed by atoms with Crippen LogP contribution in [0, 0.1) is 17.7 Å². The Labute approximate surface area is 175 Å². The second-order valence-corrected chi connectivity index (χ2v) is 9.66. The van der Waals surface area contributed by atoms with E-state index in [0.29, 0.717) is 16.8 Å². The van der Waals surface area contributed by atoms with Gasteiger partial charge >= 0.3 is 5.97 Å². The van der Waals surface area contributed by atoms with E-state index in [4.69, 9.17) is 5.11 Å². The van der Waals surface area contributed by atoms with E-state index in [9.17, 15) is 14.4 Å². The molecule has 2 aliphatic carbocycles. The molecule has 1 heterocycles. The second-order valence-electron chi connectivity index (χ2n) is 9.66. The van der Waals surface area contributed by atoms with E-state index in [2.05, 4.69) is 5.32 Å². The summed E-state index contributed by atoms with van der Waals surface area (Å²) in [4.78, 5) is 38.4. The van der Waals surface area contributed by atoms with Crippen LogP contribution in [0.2, 0.25) is 0 Å². The quantitative estimate of drug-likeness (QED) is 0.681. The Morgan fingerprint density at radius 1 is 1.27 bits per heavy atom. The minimum absolute atomic E-state index is 0.0187. The van der Waals surface area contributed by atoms with Crippen LogP contribution in [0.1, 0.15) is 69.9 Å². The van der Waals surface area contributed by atoms with Crippen molar-refractivity contribution in [2.75, 3.05) is 11.4 Å². The molecule has 7 heteroatoms. The van der Waals surface area contributed by atoms with Gasteiger partial charge in [0.1, 0.15) is 12.4 Å². The summed E-state index contributed by atoms with van der Waals surface area (Å²) in [5, 5.41) is 12.0. The Kier molecular flexibility index (Phi) is 5.11. The molecule has 2 N–H and O–H groups in total. The average molecular weight is 416 g/mol. The van der Waals surface area contributed by atoms with Crippen molar-refractivity contribution >= 4 is 23.5 Å². The van der Waals surface area contributed by atoms with Crippen LogP contribution in [0.25, 0.3) is 0 Å². The fourth-order valence-electron chi connectivity index (χ4n) is 4.78. The van der Waals surface area contributed by atoms with Crippen LogP contribution in [0.3, 0.4) is 0 Å². The van der Waals surface area contributed by atoms with Crippen LogP contribution < -0.4 is 10.2 Å². The molecule has 0 radical (unpaired) electrons. The molecule has 1 aliphatic heterocycles. The van der Waals surface area contributed by atoms with Crippen molar-refractivity contribution in [3.05, 3.63) is 29.1 Å². The van der Waals surface area contributed by atoms with E-state index >= 15 is 4.39 Å². The maximum absolute atomic E-state index is 15.3. The summed E-state index contributed by atoms with van der Waals surface area (Å²) in [6.45, 7) is 5.04. The third kappa shape index (κ3) is 3.70.